The van der Waals surface area contributed by atoms with E-state index in [0.717, 1.165) is 28.9 Å². The van der Waals surface area contributed by atoms with Crippen LogP contribution in [0.2, 0.25) is 0 Å². The Morgan fingerprint density at radius 1 is 0.778 bits per heavy atom. The number of Topliss-reactive ketones (excluding diaryl/α,β-unsaturated/α-hetero) is 1. The predicted molar refractivity (Wildman–Crippen MR) is 112 cm³/mol. The highest BCUT2D eigenvalue weighted by molar-refractivity contribution is 6.02. The van der Waals surface area contributed by atoms with Crippen LogP contribution >= 0.6 is 0 Å². The average molecular weight is 356 g/mol. The molecule has 0 radical (unpaired) electrons. The summed E-state index contributed by atoms with van der Waals surface area (Å²) in [7, 11) is 0. The molecule has 0 saturated heterocycles. The van der Waals surface area contributed by atoms with Gasteiger partial charge in [0.15, 0.2) is 5.78 Å². The van der Waals surface area contributed by atoms with E-state index < -0.39 is 0 Å². The normalized spacial score (nSPS) is 12.4. The highest BCUT2D eigenvalue weighted by Gasteiger charge is 2.15. The van der Waals surface area contributed by atoms with Crippen LogP contribution < -0.4 is 5.43 Å². The van der Waals surface area contributed by atoms with Crippen LogP contribution in [0.5, 0.6) is 0 Å². The maximum Gasteiger partial charge on any atom is 0.163 e. The second-order valence-electron chi connectivity index (χ2n) is 6.70. The van der Waals surface area contributed by atoms with Gasteiger partial charge in [0.05, 0.1) is 11.4 Å². The molecule has 0 unspecified atom stereocenters. The number of hydrazone groups is 1. The van der Waals surface area contributed by atoms with Gasteiger partial charge in [-0.15, -0.1) is 0 Å². The lowest BCUT2D eigenvalue weighted by Crippen LogP contribution is -2.13. The monoisotopic (exact) mass is 356 g/mol. The van der Waals surface area contributed by atoms with Crippen molar-refractivity contribution in [3.05, 3.63) is 102 Å². The Balaban J connectivity index is 1.72. The zero-order valence-electron chi connectivity index (χ0n) is 15.5. The van der Waals surface area contributed by atoms with E-state index in [1.165, 1.54) is 0 Å². The van der Waals surface area contributed by atoms with E-state index in [4.69, 9.17) is 0 Å². The largest absolute Gasteiger partial charge is 0.294 e. The number of rotatable bonds is 8. The summed E-state index contributed by atoms with van der Waals surface area (Å²) in [4.78, 5) is 12.5. The van der Waals surface area contributed by atoms with Crippen LogP contribution in [0.3, 0.4) is 0 Å². The topological polar surface area (TPSA) is 41.5 Å². The van der Waals surface area contributed by atoms with Crippen LogP contribution in [0.4, 0.5) is 5.69 Å². The number of carbonyl (C=O) groups is 1. The fraction of sp³-hybridized carbons (Fsp3) is 0.167. The van der Waals surface area contributed by atoms with Gasteiger partial charge in [-0.25, -0.2) is 0 Å². The van der Waals surface area contributed by atoms with Crippen molar-refractivity contribution in [2.45, 2.75) is 19.8 Å². The Hall–Kier alpha value is -3.20. The van der Waals surface area contributed by atoms with Crippen LogP contribution in [0.1, 0.15) is 35.7 Å². The highest BCUT2D eigenvalue weighted by atomic mass is 16.1. The van der Waals surface area contributed by atoms with E-state index in [0.29, 0.717) is 6.42 Å². The molecule has 0 aliphatic rings. The first-order valence-corrected chi connectivity index (χ1v) is 9.23. The van der Waals surface area contributed by atoms with E-state index in [1.54, 1.807) is 0 Å². The average Bonchev–Trinajstić information content (AvgIpc) is 2.73. The Morgan fingerprint density at radius 3 is 1.89 bits per heavy atom. The zero-order chi connectivity index (χ0) is 18.9. The van der Waals surface area contributed by atoms with Crippen molar-refractivity contribution in [1.29, 1.82) is 0 Å². The lowest BCUT2D eigenvalue weighted by Gasteiger charge is -2.14. The van der Waals surface area contributed by atoms with E-state index in [9.17, 15) is 4.79 Å². The number of nitrogens with one attached hydrogen (secondary N) is 1. The van der Waals surface area contributed by atoms with Crippen LogP contribution in [0, 0.1) is 5.92 Å². The molecule has 0 spiro atoms. The van der Waals surface area contributed by atoms with E-state index >= 15 is 0 Å². The molecule has 0 bridgehead atoms. The van der Waals surface area contributed by atoms with Gasteiger partial charge in [-0.2, -0.15) is 5.10 Å². The lowest BCUT2D eigenvalue weighted by molar-refractivity contribution is 0.0966. The Kier molecular flexibility index (Phi) is 6.53. The van der Waals surface area contributed by atoms with Gasteiger partial charge < -0.3 is 0 Å². The number of hydrogen-bond acceptors (Lipinski definition) is 3. The van der Waals surface area contributed by atoms with Crippen molar-refractivity contribution < 1.29 is 4.79 Å². The summed E-state index contributed by atoms with van der Waals surface area (Å²) in [5.41, 5.74) is 6.87. The van der Waals surface area contributed by atoms with Crippen LogP contribution in [-0.2, 0) is 0 Å². The summed E-state index contributed by atoms with van der Waals surface area (Å²) >= 11 is 0. The maximum absolute atomic E-state index is 12.5. The molecule has 3 rings (SSSR count). The predicted octanol–water partition coefficient (Wildman–Crippen LogP) is 5.80. The summed E-state index contributed by atoms with van der Waals surface area (Å²) in [5, 5.41) is 4.64. The van der Waals surface area contributed by atoms with Gasteiger partial charge in [0, 0.05) is 12.0 Å². The molecule has 27 heavy (non-hydrogen) atoms. The number of benzene rings is 3. The Labute approximate surface area is 160 Å². The van der Waals surface area contributed by atoms with Gasteiger partial charge in [0.2, 0.25) is 0 Å². The standard InChI is InChI=1S/C24H24N2O/c1-19(18-24(27)21-13-7-3-8-14-21)17-23(20-11-5-2-6-12-20)26-25-22-15-9-4-10-16-22/h2-16,19,25H,17-18H2,1H3/b26-23+/t19-/m0/s1. The second kappa shape index (κ2) is 9.48. The smallest absolute Gasteiger partial charge is 0.163 e. The van der Waals surface area contributed by atoms with Gasteiger partial charge >= 0.3 is 0 Å². The SMILES string of the molecule is C[C@H](CC(=O)c1ccccc1)C/C(=N\Nc1ccccc1)c1ccccc1. The third kappa shape index (κ3) is 5.65. The molecule has 0 aliphatic heterocycles. The molecule has 3 heteroatoms. The third-order valence-electron chi connectivity index (χ3n) is 4.37. The highest BCUT2D eigenvalue weighted by Crippen LogP contribution is 2.17. The van der Waals surface area contributed by atoms with Gasteiger partial charge in [-0.1, -0.05) is 85.8 Å². The van der Waals surface area contributed by atoms with Crippen molar-refractivity contribution in [1.82, 2.24) is 0 Å². The summed E-state index contributed by atoms with van der Waals surface area (Å²) in [6.07, 6.45) is 1.23. The zero-order valence-corrected chi connectivity index (χ0v) is 15.5. The molecule has 3 aromatic rings. The van der Waals surface area contributed by atoms with Crippen LogP contribution in [0.15, 0.2) is 96.1 Å². The molecular weight excluding hydrogens is 332 g/mol. The molecule has 0 aromatic heterocycles. The molecular formula is C24H24N2O. The van der Waals surface area contributed by atoms with Gasteiger partial charge in [-0.3, -0.25) is 10.2 Å². The first-order chi connectivity index (χ1) is 13.2. The number of hydrogen-bond donors (Lipinski definition) is 1. The quantitative estimate of drug-likeness (QED) is 0.315. The van der Waals surface area contributed by atoms with Gasteiger partial charge in [0.1, 0.15) is 0 Å². The molecule has 1 atom stereocenters. The minimum Gasteiger partial charge on any atom is -0.294 e. The molecule has 0 amide bonds. The van der Waals surface area contributed by atoms with Crippen molar-refractivity contribution in [2.75, 3.05) is 5.43 Å². The van der Waals surface area contributed by atoms with E-state index in [2.05, 4.69) is 29.6 Å². The fourth-order valence-electron chi connectivity index (χ4n) is 2.96. The summed E-state index contributed by atoms with van der Waals surface area (Å²) in [5.74, 6) is 0.362. The number of nitrogens with zero attached hydrogens (tertiary/aromatic N) is 1. The third-order valence-corrected chi connectivity index (χ3v) is 4.37. The first kappa shape index (κ1) is 18.6. The molecule has 136 valence electrons. The molecule has 3 nitrogen and oxygen atoms in total. The molecule has 0 saturated carbocycles. The number of anilines is 1. The van der Waals surface area contributed by atoms with Crippen molar-refractivity contribution >= 4 is 17.2 Å². The molecule has 0 heterocycles. The van der Waals surface area contributed by atoms with Crippen molar-refractivity contribution in [2.24, 2.45) is 11.0 Å². The summed E-state index contributed by atoms with van der Waals surface area (Å²) in [6, 6.07) is 29.5. The fourth-order valence-corrected chi connectivity index (χ4v) is 2.96. The maximum atomic E-state index is 12.5. The Bertz CT molecular complexity index is 874. The summed E-state index contributed by atoms with van der Waals surface area (Å²) in [6.45, 7) is 2.10. The minimum absolute atomic E-state index is 0.173. The molecule has 0 fully saturated rings. The van der Waals surface area contributed by atoms with Crippen molar-refractivity contribution in [3.63, 3.8) is 0 Å². The lowest BCUT2D eigenvalue weighted by atomic mass is 9.93. The van der Waals surface area contributed by atoms with E-state index in [1.807, 2.05) is 78.9 Å². The second-order valence-corrected chi connectivity index (χ2v) is 6.70. The Morgan fingerprint density at radius 2 is 1.30 bits per heavy atom. The van der Waals surface area contributed by atoms with Crippen molar-refractivity contribution in [3.8, 4) is 0 Å². The first-order valence-electron chi connectivity index (χ1n) is 9.23. The molecule has 0 aliphatic carbocycles. The molecule has 3 aromatic carbocycles. The number of ketones is 1. The van der Waals surface area contributed by atoms with Gasteiger partial charge in [-0.05, 0) is 30.0 Å². The number of para-hydroxylation sites is 1. The van der Waals surface area contributed by atoms with Crippen LogP contribution in [0.25, 0.3) is 0 Å². The van der Waals surface area contributed by atoms with Gasteiger partial charge in [0.25, 0.3) is 0 Å². The minimum atomic E-state index is 0.173. The summed E-state index contributed by atoms with van der Waals surface area (Å²) < 4.78 is 0. The van der Waals surface area contributed by atoms with Crippen LogP contribution in [-0.4, -0.2) is 11.5 Å². The number of carbonyl (C=O) groups excluding carboxylic acids is 1. The van der Waals surface area contributed by atoms with E-state index in [-0.39, 0.29) is 11.7 Å². The molecule has 1 N–H and O–H groups in total.